The number of hydrogen-bond donors (Lipinski definition) is 0. The van der Waals surface area contributed by atoms with Crippen LogP contribution in [0.1, 0.15) is 69.2 Å². The van der Waals surface area contributed by atoms with E-state index in [0.29, 0.717) is 0 Å². The van der Waals surface area contributed by atoms with Crippen LogP contribution < -0.4 is 0 Å². The summed E-state index contributed by atoms with van der Waals surface area (Å²) in [6.45, 7) is 20.0. The van der Waals surface area contributed by atoms with E-state index in [-0.39, 0.29) is 0 Å². The van der Waals surface area contributed by atoms with Gasteiger partial charge in [0.25, 0.3) is 0 Å². The van der Waals surface area contributed by atoms with E-state index in [9.17, 15) is 0 Å². The maximum atomic E-state index is 4.46. The van der Waals surface area contributed by atoms with Crippen LogP contribution in [-0.2, 0) is 4.18 Å². The molecule has 0 aliphatic rings. The van der Waals surface area contributed by atoms with E-state index < -0.39 is 0 Å². The minimum atomic E-state index is 1.36. The molecule has 96 valence electrons. The van der Waals surface area contributed by atoms with Crippen LogP contribution >= 0.6 is 12.0 Å². The van der Waals surface area contributed by atoms with Gasteiger partial charge in [0.2, 0.25) is 0 Å². The zero-order valence-electron chi connectivity index (χ0n) is 12.8. The molecule has 0 aromatic carbocycles. The topological polar surface area (TPSA) is 9.23 Å². The molecule has 0 rings (SSSR count). The standard InChI is InChI=1S/C2H6OS.5C2H6/c1-3-4-2;5*1-2/h1-2H3;5*1-2H3. The first-order chi connectivity index (χ1) is 6.91. The van der Waals surface area contributed by atoms with Crippen LogP contribution in [0, 0.1) is 0 Å². The highest BCUT2D eigenvalue weighted by Crippen LogP contribution is 1.84. The molecule has 0 saturated heterocycles. The molecule has 0 heterocycles. The molecule has 0 aliphatic heterocycles. The largest absolute Gasteiger partial charge is 0.319 e. The Balaban J connectivity index is -0.0000000143. The van der Waals surface area contributed by atoms with Crippen LogP contribution in [0.4, 0.5) is 0 Å². The summed E-state index contributed by atoms with van der Waals surface area (Å²) in [7, 11) is 1.64. The highest BCUT2D eigenvalue weighted by molar-refractivity contribution is 7.93. The smallest absolute Gasteiger partial charge is 0.0503 e. The van der Waals surface area contributed by atoms with Crippen molar-refractivity contribution < 1.29 is 4.18 Å². The van der Waals surface area contributed by atoms with E-state index in [2.05, 4.69) is 4.18 Å². The van der Waals surface area contributed by atoms with Gasteiger partial charge in [0, 0.05) is 6.26 Å². The first kappa shape index (κ1) is 36.7. The Morgan fingerprint density at radius 3 is 0.643 bits per heavy atom. The van der Waals surface area contributed by atoms with E-state index in [0.717, 1.165) is 0 Å². The molecular formula is C12H36OS. The lowest BCUT2D eigenvalue weighted by Crippen LogP contribution is -1.53. The second-order valence-electron chi connectivity index (χ2n) is 0.333. The lowest BCUT2D eigenvalue weighted by Gasteiger charge is -1.74. The Morgan fingerprint density at radius 1 is 0.571 bits per heavy atom. The van der Waals surface area contributed by atoms with Crippen molar-refractivity contribution >= 4 is 12.0 Å². The Kier molecular flexibility index (Phi) is 991. The quantitative estimate of drug-likeness (QED) is 0.506. The number of hydrogen-bond acceptors (Lipinski definition) is 2. The zero-order valence-corrected chi connectivity index (χ0v) is 13.6. The molecule has 0 spiro atoms. The summed E-state index contributed by atoms with van der Waals surface area (Å²) in [6, 6.07) is 0. The van der Waals surface area contributed by atoms with Crippen LogP contribution in [0.3, 0.4) is 0 Å². The van der Waals surface area contributed by atoms with Gasteiger partial charge in [-0.15, -0.1) is 0 Å². The van der Waals surface area contributed by atoms with Gasteiger partial charge in [-0.25, -0.2) is 0 Å². The van der Waals surface area contributed by atoms with E-state index in [1.165, 1.54) is 12.0 Å². The van der Waals surface area contributed by atoms with Gasteiger partial charge in [0.05, 0.1) is 7.11 Å². The SMILES string of the molecule is CC.CC.CC.CC.CC.COSC. The van der Waals surface area contributed by atoms with Crippen LogP contribution in [0.15, 0.2) is 0 Å². The molecule has 14 heavy (non-hydrogen) atoms. The lowest BCUT2D eigenvalue weighted by atomic mass is 11.0. The first-order valence-electron chi connectivity index (χ1n) is 5.98. The Hall–Kier alpha value is 0.310. The molecule has 0 N–H and O–H groups in total. The first-order valence-corrected chi connectivity index (χ1v) is 7.13. The van der Waals surface area contributed by atoms with Gasteiger partial charge in [-0.3, -0.25) is 0 Å². The van der Waals surface area contributed by atoms with Gasteiger partial charge in [0.15, 0.2) is 0 Å². The predicted molar refractivity (Wildman–Crippen MR) is 77.3 cm³/mol. The summed E-state index contributed by atoms with van der Waals surface area (Å²) in [5.74, 6) is 0. The van der Waals surface area contributed by atoms with Crippen LogP contribution in [-0.4, -0.2) is 13.4 Å². The third kappa shape index (κ3) is 918. The highest BCUT2D eigenvalue weighted by atomic mass is 32.2. The highest BCUT2D eigenvalue weighted by Gasteiger charge is 1.52. The molecule has 0 radical (unpaired) electrons. The average molecular weight is 228 g/mol. The van der Waals surface area contributed by atoms with E-state index in [4.69, 9.17) is 0 Å². The summed E-state index contributed by atoms with van der Waals surface area (Å²) in [6.07, 6.45) is 1.88. The van der Waals surface area contributed by atoms with E-state index in [1.807, 2.05) is 75.5 Å². The summed E-state index contributed by atoms with van der Waals surface area (Å²) in [4.78, 5) is 0. The monoisotopic (exact) mass is 228 g/mol. The van der Waals surface area contributed by atoms with Gasteiger partial charge >= 0.3 is 0 Å². The van der Waals surface area contributed by atoms with Crippen molar-refractivity contribution in [1.29, 1.82) is 0 Å². The van der Waals surface area contributed by atoms with Crippen molar-refractivity contribution in [3.8, 4) is 0 Å². The Morgan fingerprint density at radius 2 is 0.643 bits per heavy atom. The van der Waals surface area contributed by atoms with Gasteiger partial charge in [-0.2, -0.15) is 0 Å². The molecular weight excluding hydrogens is 192 g/mol. The fourth-order valence-corrected chi connectivity index (χ4v) is 0. The Bertz CT molecular complexity index is 12.3. The maximum absolute atomic E-state index is 4.46. The van der Waals surface area contributed by atoms with Gasteiger partial charge in [-0.1, -0.05) is 69.2 Å². The maximum Gasteiger partial charge on any atom is 0.0503 e. The molecule has 0 bridgehead atoms. The van der Waals surface area contributed by atoms with Crippen molar-refractivity contribution in [3.63, 3.8) is 0 Å². The minimum Gasteiger partial charge on any atom is -0.319 e. The number of rotatable bonds is 1. The third-order valence-corrected chi connectivity index (χ3v) is 0.500. The molecule has 1 nitrogen and oxygen atoms in total. The molecule has 0 atom stereocenters. The molecule has 2 heteroatoms. The molecule has 0 saturated carbocycles. The second kappa shape index (κ2) is 378. The molecule has 0 aliphatic carbocycles. The minimum absolute atomic E-state index is 1.36. The van der Waals surface area contributed by atoms with Crippen molar-refractivity contribution in [2.75, 3.05) is 13.4 Å². The molecule has 0 unspecified atom stereocenters. The normalized spacial score (nSPS) is 4.29. The van der Waals surface area contributed by atoms with Crippen LogP contribution in [0.5, 0.6) is 0 Å². The fourth-order valence-electron chi connectivity index (χ4n) is 0. The van der Waals surface area contributed by atoms with Crippen LogP contribution in [0.25, 0.3) is 0 Å². The predicted octanol–water partition coefficient (Wildman–Crippen LogP) is 6.04. The molecule has 0 aromatic heterocycles. The zero-order chi connectivity index (χ0) is 13.4. The molecule has 0 aromatic rings. The van der Waals surface area contributed by atoms with Crippen molar-refractivity contribution in [3.05, 3.63) is 0 Å². The molecule has 0 fully saturated rings. The van der Waals surface area contributed by atoms with Gasteiger partial charge in [-0.05, 0) is 12.0 Å². The van der Waals surface area contributed by atoms with Crippen molar-refractivity contribution in [2.45, 2.75) is 69.2 Å². The van der Waals surface area contributed by atoms with Crippen molar-refractivity contribution in [1.82, 2.24) is 0 Å². The summed E-state index contributed by atoms with van der Waals surface area (Å²) in [5.41, 5.74) is 0. The van der Waals surface area contributed by atoms with Gasteiger partial charge in [0.1, 0.15) is 0 Å². The fraction of sp³-hybridized carbons (Fsp3) is 1.00. The third-order valence-electron chi connectivity index (χ3n) is 0.167. The van der Waals surface area contributed by atoms with Crippen LogP contribution in [0.2, 0.25) is 0 Å². The lowest BCUT2D eigenvalue weighted by molar-refractivity contribution is 0.493. The summed E-state index contributed by atoms with van der Waals surface area (Å²) < 4.78 is 4.46. The summed E-state index contributed by atoms with van der Waals surface area (Å²) in [5, 5.41) is 0. The molecule has 0 amide bonds. The Labute approximate surface area is 99.2 Å². The van der Waals surface area contributed by atoms with Gasteiger partial charge < -0.3 is 4.18 Å². The van der Waals surface area contributed by atoms with E-state index in [1.54, 1.807) is 7.11 Å². The van der Waals surface area contributed by atoms with E-state index >= 15 is 0 Å². The summed E-state index contributed by atoms with van der Waals surface area (Å²) >= 11 is 1.36. The second-order valence-corrected chi connectivity index (χ2v) is 1.00. The van der Waals surface area contributed by atoms with Crippen molar-refractivity contribution in [2.24, 2.45) is 0 Å². The average Bonchev–Trinajstić information content (AvgIpc) is 2.41.